The minimum atomic E-state index is 0.0120. The molecule has 1 heterocycles. The van der Waals surface area contributed by atoms with Crippen LogP contribution in [0.5, 0.6) is 0 Å². The van der Waals surface area contributed by atoms with Crippen molar-refractivity contribution in [2.24, 2.45) is 17.8 Å². The van der Waals surface area contributed by atoms with Crippen LogP contribution in [0.15, 0.2) is 11.6 Å². The number of allylic oxidation sites excluding steroid dienone is 2. The van der Waals surface area contributed by atoms with Crippen LogP contribution < -0.4 is 10.6 Å². The average Bonchev–Trinajstić information content (AvgIpc) is 3.01. The van der Waals surface area contributed by atoms with Gasteiger partial charge in [-0.25, -0.2) is 4.79 Å². The Labute approximate surface area is 127 Å². The van der Waals surface area contributed by atoms with Gasteiger partial charge in [0.25, 0.3) is 0 Å². The predicted molar refractivity (Wildman–Crippen MR) is 83.1 cm³/mol. The van der Waals surface area contributed by atoms with E-state index in [1.54, 1.807) is 5.57 Å². The molecule has 0 radical (unpaired) electrons. The number of hydrogen-bond acceptors (Lipinski definition) is 2. The third-order valence-corrected chi connectivity index (χ3v) is 5.36. The SMILES string of the molecule is CCC1=CC2CCC(NC(=O)NCC3CCOC3)C(C1)C2. The molecule has 4 unspecified atom stereocenters. The fourth-order valence-corrected chi connectivity index (χ4v) is 4.07. The number of nitrogens with one attached hydrogen (secondary N) is 2. The van der Waals surface area contributed by atoms with Gasteiger partial charge in [0, 0.05) is 25.1 Å². The average molecular weight is 292 g/mol. The van der Waals surface area contributed by atoms with Crippen molar-refractivity contribution in [3.63, 3.8) is 0 Å². The number of hydrogen-bond donors (Lipinski definition) is 2. The Bertz CT molecular complexity index is 402. The van der Waals surface area contributed by atoms with Crippen LogP contribution in [-0.2, 0) is 4.74 Å². The molecule has 4 nitrogen and oxygen atoms in total. The molecule has 2 amide bonds. The van der Waals surface area contributed by atoms with Crippen LogP contribution in [-0.4, -0.2) is 31.8 Å². The molecule has 3 aliphatic rings. The number of urea groups is 1. The van der Waals surface area contributed by atoms with E-state index in [1.165, 1.54) is 19.3 Å². The number of ether oxygens (including phenoxy) is 1. The van der Waals surface area contributed by atoms with E-state index >= 15 is 0 Å². The minimum absolute atomic E-state index is 0.0120. The molecule has 0 spiro atoms. The number of amides is 2. The van der Waals surface area contributed by atoms with E-state index in [4.69, 9.17) is 4.74 Å². The van der Waals surface area contributed by atoms with Gasteiger partial charge in [0.2, 0.25) is 0 Å². The first kappa shape index (κ1) is 14.9. The summed E-state index contributed by atoms with van der Waals surface area (Å²) >= 11 is 0. The zero-order valence-corrected chi connectivity index (χ0v) is 13.1. The van der Waals surface area contributed by atoms with Gasteiger partial charge in [0.05, 0.1) is 6.61 Å². The molecule has 21 heavy (non-hydrogen) atoms. The second kappa shape index (κ2) is 6.82. The zero-order valence-electron chi connectivity index (χ0n) is 13.1. The fourth-order valence-electron chi connectivity index (χ4n) is 4.07. The van der Waals surface area contributed by atoms with Crippen molar-refractivity contribution >= 4 is 6.03 Å². The fraction of sp³-hybridized carbons (Fsp3) is 0.824. The highest BCUT2D eigenvalue weighted by molar-refractivity contribution is 5.74. The van der Waals surface area contributed by atoms with Crippen molar-refractivity contribution in [3.05, 3.63) is 11.6 Å². The summed E-state index contributed by atoms with van der Waals surface area (Å²) in [6.07, 6.45) is 9.50. The lowest BCUT2D eigenvalue weighted by Crippen LogP contribution is -2.49. The van der Waals surface area contributed by atoms with E-state index in [2.05, 4.69) is 23.6 Å². The first-order valence-corrected chi connectivity index (χ1v) is 8.56. The van der Waals surface area contributed by atoms with E-state index in [1.807, 2.05) is 0 Å². The van der Waals surface area contributed by atoms with E-state index in [9.17, 15) is 4.79 Å². The third-order valence-electron chi connectivity index (χ3n) is 5.36. The van der Waals surface area contributed by atoms with E-state index in [-0.39, 0.29) is 6.03 Å². The summed E-state index contributed by atoms with van der Waals surface area (Å²) in [4.78, 5) is 12.1. The molecule has 0 aromatic heterocycles. The Morgan fingerprint density at radius 2 is 2.29 bits per heavy atom. The Kier molecular flexibility index (Phi) is 4.84. The summed E-state index contributed by atoms with van der Waals surface area (Å²) < 4.78 is 5.34. The van der Waals surface area contributed by atoms with Crippen LogP contribution in [0, 0.1) is 17.8 Å². The molecule has 0 aromatic carbocycles. The van der Waals surface area contributed by atoms with Crippen LogP contribution in [0.4, 0.5) is 4.79 Å². The topological polar surface area (TPSA) is 50.4 Å². The zero-order chi connectivity index (χ0) is 14.7. The van der Waals surface area contributed by atoms with Gasteiger partial charge < -0.3 is 15.4 Å². The molecule has 0 aromatic rings. The molecule has 1 saturated heterocycles. The molecule has 1 aliphatic heterocycles. The molecular weight excluding hydrogens is 264 g/mol. The molecule has 3 rings (SSSR count). The molecular formula is C17H28N2O2. The molecule has 2 fully saturated rings. The van der Waals surface area contributed by atoms with Crippen molar-refractivity contribution in [2.45, 2.75) is 51.5 Å². The lowest BCUT2D eigenvalue weighted by molar-refractivity contribution is 0.182. The van der Waals surface area contributed by atoms with Crippen molar-refractivity contribution < 1.29 is 9.53 Å². The molecule has 118 valence electrons. The van der Waals surface area contributed by atoms with Crippen molar-refractivity contribution in [2.75, 3.05) is 19.8 Å². The van der Waals surface area contributed by atoms with Gasteiger partial charge in [0.1, 0.15) is 0 Å². The van der Waals surface area contributed by atoms with Gasteiger partial charge in [-0.15, -0.1) is 0 Å². The van der Waals surface area contributed by atoms with Gasteiger partial charge >= 0.3 is 6.03 Å². The molecule has 2 aliphatic carbocycles. The normalized spacial score (nSPS) is 35.2. The summed E-state index contributed by atoms with van der Waals surface area (Å²) in [5, 5.41) is 6.25. The van der Waals surface area contributed by atoms with Crippen LogP contribution in [0.25, 0.3) is 0 Å². The number of carbonyl (C=O) groups excluding carboxylic acids is 1. The maximum atomic E-state index is 12.1. The largest absolute Gasteiger partial charge is 0.381 e. The maximum Gasteiger partial charge on any atom is 0.315 e. The standard InChI is InChI=1S/C17H28N2O2/c1-2-12-7-13-3-4-16(15(8-12)9-13)19-17(20)18-10-14-5-6-21-11-14/h7,13-16H,2-6,8-11H2,1H3,(H2,18,19,20). The second-order valence-corrected chi connectivity index (χ2v) is 6.91. The summed E-state index contributed by atoms with van der Waals surface area (Å²) in [6, 6.07) is 0.370. The highest BCUT2D eigenvalue weighted by atomic mass is 16.5. The Hall–Kier alpha value is -1.03. The smallest absolute Gasteiger partial charge is 0.315 e. The van der Waals surface area contributed by atoms with Gasteiger partial charge in [0.15, 0.2) is 0 Å². The Balaban J connectivity index is 1.46. The third kappa shape index (κ3) is 3.79. The lowest BCUT2D eigenvalue weighted by Gasteiger charge is -2.39. The quantitative estimate of drug-likeness (QED) is 0.783. The van der Waals surface area contributed by atoms with E-state index in [0.29, 0.717) is 17.9 Å². The number of fused-ring (bicyclic) bond motifs is 2. The summed E-state index contributed by atoms with van der Waals surface area (Å²) in [5.74, 6) is 1.90. The first-order chi connectivity index (χ1) is 10.2. The van der Waals surface area contributed by atoms with Crippen LogP contribution in [0.1, 0.15) is 45.4 Å². The monoisotopic (exact) mass is 292 g/mol. The van der Waals surface area contributed by atoms with Crippen LogP contribution in [0.3, 0.4) is 0 Å². The van der Waals surface area contributed by atoms with E-state index < -0.39 is 0 Å². The first-order valence-electron chi connectivity index (χ1n) is 8.56. The highest BCUT2D eigenvalue weighted by Crippen LogP contribution is 2.39. The molecule has 4 atom stereocenters. The van der Waals surface area contributed by atoms with Crippen LogP contribution in [0.2, 0.25) is 0 Å². The predicted octanol–water partition coefficient (Wildman–Crippen LogP) is 2.85. The highest BCUT2D eigenvalue weighted by Gasteiger charge is 2.34. The van der Waals surface area contributed by atoms with E-state index in [0.717, 1.165) is 44.9 Å². The van der Waals surface area contributed by atoms with Crippen molar-refractivity contribution in [3.8, 4) is 0 Å². The Morgan fingerprint density at radius 3 is 3.05 bits per heavy atom. The maximum absolute atomic E-state index is 12.1. The molecule has 2 bridgehead atoms. The summed E-state index contributed by atoms with van der Waals surface area (Å²) in [5.41, 5.74) is 1.59. The summed E-state index contributed by atoms with van der Waals surface area (Å²) in [6.45, 7) is 4.61. The Morgan fingerprint density at radius 1 is 1.38 bits per heavy atom. The molecule has 2 N–H and O–H groups in total. The van der Waals surface area contributed by atoms with Gasteiger partial charge in [-0.3, -0.25) is 0 Å². The van der Waals surface area contributed by atoms with Crippen LogP contribution >= 0.6 is 0 Å². The minimum Gasteiger partial charge on any atom is -0.381 e. The lowest BCUT2D eigenvalue weighted by atomic mass is 9.70. The summed E-state index contributed by atoms with van der Waals surface area (Å²) in [7, 11) is 0. The van der Waals surface area contributed by atoms with Gasteiger partial charge in [-0.2, -0.15) is 0 Å². The molecule has 1 saturated carbocycles. The second-order valence-electron chi connectivity index (χ2n) is 6.91. The number of carbonyl (C=O) groups is 1. The van der Waals surface area contributed by atoms with Crippen molar-refractivity contribution in [1.29, 1.82) is 0 Å². The number of rotatable bonds is 4. The van der Waals surface area contributed by atoms with Gasteiger partial charge in [-0.1, -0.05) is 18.6 Å². The van der Waals surface area contributed by atoms with Gasteiger partial charge in [-0.05, 0) is 50.4 Å². The van der Waals surface area contributed by atoms with Crippen molar-refractivity contribution in [1.82, 2.24) is 10.6 Å². The molecule has 4 heteroatoms.